The number of hydrogen-bond acceptors (Lipinski definition) is 5. The van der Waals surface area contributed by atoms with Gasteiger partial charge in [0, 0.05) is 44.8 Å². The van der Waals surface area contributed by atoms with Crippen LogP contribution in [0.3, 0.4) is 0 Å². The molecule has 28 heavy (non-hydrogen) atoms. The first-order valence-corrected chi connectivity index (χ1v) is 9.58. The number of aliphatic imine (C=N–C) groups is 1. The summed E-state index contributed by atoms with van der Waals surface area (Å²) in [6.07, 6.45) is 3.41. The fourth-order valence-corrected chi connectivity index (χ4v) is 3.66. The maximum absolute atomic E-state index is 5.69. The lowest BCUT2D eigenvalue weighted by Gasteiger charge is -2.39. The van der Waals surface area contributed by atoms with Crippen LogP contribution < -0.4 is 15.4 Å². The summed E-state index contributed by atoms with van der Waals surface area (Å²) >= 11 is 0. The van der Waals surface area contributed by atoms with E-state index < -0.39 is 0 Å². The molecule has 0 unspecified atom stereocenters. The number of hydrogen-bond donors (Lipinski definition) is 2. The Morgan fingerprint density at radius 3 is 2.75 bits per heavy atom. The zero-order valence-corrected chi connectivity index (χ0v) is 17.2. The Morgan fingerprint density at radius 2 is 2.11 bits per heavy atom. The van der Waals surface area contributed by atoms with Gasteiger partial charge in [-0.1, -0.05) is 17.7 Å². The minimum absolute atomic E-state index is 0.0714. The fraction of sp³-hybridized carbons (Fsp3) is 0.550. The van der Waals surface area contributed by atoms with Gasteiger partial charge in [0.05, 0.1) is 13.7 Å². The average molecular weight is 387 g/mol. The molecule has 0 amide bonds. The van der Waals surface area contributed by atoms with Crippen LogP contribution in [0.1, 0.15) is 29.8 Å². The first-order chi connectivity index (χ1) is 13.6. The largest absolute Gasteiger partial charge is 0.496 e. The molecule has 8 nitrogen and oxygen atoms in total. The zero-order valence-electron chi connectivity index (χ0n) is 17.2. The Morgan fingerprint density at radius 1 is 1.32 bits per heavy atom. The molecule has 0 radical (unpaired) electrons. The van der Waals surface area contributed by atoms with Crippen molar-refractivity contribution in [2.75, 3.05) is 33.9 Å². The van der Waals surface area contributed by atoms with Crippen molar-refractivity contribution in [3.63, 3.8) is 0 Å². The lowest BCUT2D eigenvalue weighted by atomic mass is 9.73. The van der Waals surface area contributed by atoms with Gasteiger partial charge in [-0.25, -0.2) is 4.98 Å². The van der Waals surface area contributed by atoms with Crippen molar-refractivity contribution in [3.05, 3.63) is 41.5 Å². The third kappa shape index (κ3) is 4.44. The molecular formula is C20H30N6O2. The lowest BCUT2D eigenvalue weighted by molar-refractivity contribution is 0.0505. The van der Waals surface area contributed by atoms with E-state index in [4.69, 9.17) is 9.47 Å². The molecule has 1 aliphatic rings. The minimum atomic E-state index is -0.0714. The number of nitrogens with one attached hydrogen (secondary N) is 2. The Balaban J connectivity index is 1.75. The number of methoxy groups -OCH3 is 1. The van der Waals surface area contributed by atoms with Gasteiger partial charge in [-0.3, -0.25) is 9.67 Å². The second-order valence-corrected chi connectivity index (χ2v) is 7.18. The Hall–Kier alpha value is -2.61. The first kappa shape index (κ1) is 20.1. The van der Waals surface area contributed by atoms with Crippen LogP contribution in [-0.4, -0.2) is 54.6 Å². The summed E-state index contributed by atoms with van der Waals surface area (Å²) in [5, 5.41) is 10.9. The molecule has 1 fully saturated rings. The molecular weight excluding hydrogens is 356 g/mol. The number of benzene rings is 1. The summed E-state index contributed by atoms with van der Waals surface area (Å²) in [6, 6.07) is 6.38. The molecule has 0 aliphatic carbocycles. The molecule has 3 rings (SSSR count). The number of aromatic nitrogens is 3. The van der Waals surface area contributed by atoms with Crippen molar-refractivity contribution in [1.82, 2.24) is 25.4 Å². The van der Waals surface area contributed by atoms with Crippen LogP contribution in [0.5, 0.6) is 5.75 Å². The molecule has 0 atom stereocenters. The molecule has 2 N–H and O–H groups in total. The highest BCUT2D eigenvalue weighted by atomic mass is 16.5. The number of aryl methyl sites for hydroxylation is 2. The lowest BCUT2D eigenvalue weighted by Crippen LogP contribution is -2.48. The summed E-state index contributed by atoms with van der Waals surface area (Å²) in [4.78, 5) is 8.60. The molecule has 1 aliphatic heterocycles. The Kier molecular flexibility index (Phi) is 6.51. The Labute approximate surface area is 166 Å². The van der Waals surface area contributed by atoms with Crippen LogP contribution in [0.15, 0.2) is 29.5 Å². The number of rotatable bonds is 6. The molecule has 0 spiro atoms. The first-order valence-electron chi connectivity index (χ1n) is 9.58. The number of nitrogens with zero attached hydrogens (tertiary/aromatic N) is 4. The van der Waals surface area contributed by atoms with Gasteiger partial charge in [0.1, 0.15) is 17.9 Å². The van der Waals surface area contributed by atoms with Gasteiger partial charge >= 0.3 is 0 Å². The summed E-state index contributed by atoms with van der Waals surface area (Å²) in [6.45, 7) is 4.90. The predicted molar refractivity (Wildman–Crippen MR) is 109 cm³/mol. The molecule has 1 saturated heterocycles. The molecule has 1 aromatic heterocycles. The number of guanidine groups is 1. The van der Waals surface area contributed by atoms with Crippen LogP contribution in [0, 0.1) is 6.92 Å². The highest BCUT2D eigenvalue weighted by molar-refractivity contribution is 5.79. The smallest absolute Gasteiger partial charge is 0.191 e. The van der Waals surface area contributed by atoms with Crippen molar-refractivity contribution in [2.24, 2.45) is 12.0 Å². The van der Waals surface area contributed by atoms with Crippen molar-refractivity contribution in [3.8, 4) is 5.75 Å². The molecule has 2 heterocycles. The SMILES string of the molecule is CN=C(NCc1ncnn1C)NCC1(c2cc(C)ccc2OC)CCOCC1. The minimum Gasteiger partial charge on any atom is -0.496 e. The highest BCUT2D eigenvalue weighted by Gasteiger charge is 2.37. The van der Waals surface area contributed by atoms with E-state index in [1.807, 2.05) is 7.05 Å². The van der Waals surface area contributed by atoms with Gasteiger partial charge in [0.25, 0.3) is 0 Å². The molecule has 0 bridgehead atoms. The second-order valence-electron chi connectivity index (χ2n) is 7.18. The van der Waals surface area contributed by atoms with E-state index in [1.54, 1.807) is 25.2 Å². The molecule has 2 aromatic rings. The maximum Gasteiger partial charge on any atom is 0.191 e. The van der Waals surface area contributed by atoms with Crippen molar-refractivity contribution < 1.29 is 9.47 Å². The topological polar surface area (TPSA) is 85.6 Å². The third-order valence-electron chi connectivity index (χ3n) is 5.41. The second kappa shape index (κ2) is 9.05. The van der Waals surface area contributed by atoms with Gasteiger partial charge in [0.15, 0.2) is 5.96 Å². The predicted octanol–water partition coefficient (Wildman–Crippen LogP) is 1.55. The summed E-state index contributed by atoms with van der Waals surface area (Å²) < 4.78 is 13.1. The number of ether oxygens (including phenoxy) is 2. The van der Waals surface area contributed by atoms with Gasteiger partial charge in [-0.15, -0.1) is 0 Å². The summed E-state index contributed by atoms with van der Waals surface area (Å²) in [7, 11) is 5.38. The van der Waals surface area contributed by atoms with E-state index in [0.29, 0.717) is 6.54 Å². The Bertz CT molecular complexity index is 811. The molecule has 1 aromatic carbocycles. The monoisotopic (exact) mass is 386 g/mol. The van der Waals surface area contributed by atoms with Crippen molar-refractivity contribution in [2.45, 2.75) is 31.7 Å². The quantitative estimate of drug-likeness (QED) is 0.579. The van der Waals surface area contributed by atoms with Gasteiger partial charge < -0.3 is 20.1 Å². The van der Waals surface area contributed by atoms with Crippen LogP contribution in [0.25, 0.3) is 0 Å². The maximum atomic E-state index is 5.69. The van der Waals surface area contributed by atoms with E-state index >= 15 is 0 Å². The van der Waals surface area contributed by atoms with Crippen LogP contribution in [0.2, 0.25) is 0 Å². The fourth-order valence-electron chi connectivity index (χ4n) is 3.66. The van der Waals surface area contributed by atoms with Gasteiger partial charge in [-0.05, 0) is 25.8 Å². The summed E-state index contributed by atoms with van der Waals surface area (Å²) in [5.41, 5.74) is 2.39. The van der Waals surface area contributed by atoms with Crippen LogP contribution in [0.4, 0.5) is 0 Å². The van der Waals surface area contributed by atoms with Gasteiger partial charge in [-0.2, -0.15) is 5.10 Å². The molecule has 0 saturated carbocycles. The summed E-state index contributed by atoms with van der Waals surface area (Å²) in [5.74, 6) is 2.51. The van der Waals surface area contributed by atoms with E-state index in [1.165, 1.54) is 11.1 Å². The van der Waals surface area contributed by atoms with Crippen molar-refractivity contribution >= 4 is 5.96 Å². The van der Waals surface area contributed by atoms with E-state index in [-0.39, 0.29) is 5.41 Å². The highest BCUT2D eigenvalue weighted by Crippen LogP contribution is 2.40. The molecule has 152 valence electrons. The van der Waals surface area contributed by atoms with E-state index in [0.717, 1.165) is 50.1 Å². The van der Waals surface area contributed by atoms with Crippen LogP contribution in [-0.2, 0) is 23.7 Å². The van der Waals surface area contributed by atoms with E-state index in [2.05, 4.69) is 50.8 Å². The third-order valence-corrected chi connectivity index (χ3v) is 5.41. The van der Waals surface area contributed by atoms with Crippen molar-refractivity contribution in [1.29, 1.82) is 0 Å². The normalized spacial score (nSPS) is 16.6. The molecule has 8 heteroatoms. The van der Waals surface area contributed by atoms with Crippen LogP contribution >= 0.6 is 0 Å². The average Bonchev–Trinajstić information content (AvgIpc) is 3.13. The van der Waals surface area contributed by atoms with E-state index in [9.17, 15) is 0 Å². The zero-order chi connectivity index (χ0) is 20.0. The van der Waals surface area contributed by atoms with Gasteiger partial charge in [0.2, 0.25) is 0 Å². The standard InChI is InChI=1S/C20H30N6O2/c1-15-5-6-17(27-4)16(11-15)20(7-9-28-10-8-20)13-23-19(21-2)22-12-18-24-14-25-26(18)3/h5-6,11,14H,7-10,12-13H2,1-4H3,(H2,21,22,23).